The van der Waals surface area contributed by atoms with Gasteiger partial charge in [0.05, 0.1) is 0 Å². The molecule has 2 aliphatic rings. The highest BCUT2D eigenvalue weighted by Gasteiger charge is 2.32. The first kappa shape index (κ1) is 13.3. The van der Waals surface area contributed by atoms with E-state index in [9.17, 15) is 8.42 Å². The molecule has 0 aromatic carbocycles. The first-order valence-corrected chi connectivity index (χ1v) is 8.05. The molecule has 1 aliphatic heterocycles. The molecule has 0 radical (unpaired) electrons. The molecule has 6 heteroatoms. The summed E-state index contributed by atoms with van der Waals surface area (Å²) in [4.78, 5) is 0. The Morgan fingerprint density at radius 2 is 1.82 bits per heavy atom. The lowest BCUT2D eigenvalue weighted by molar-refractivity contribution is 0.333. The summed E-state index contributed by atoms with van der Waals surface area (Å²) in [5.74, 6) is 0.314. The fourth-order valence-corrected chi connectivity index (χ4v) is 4.43. The second kappa shape index (κ2) is 5.65. The van der Waals surface area contributed by atoms with Crippen LogP contribution < -0.4 is 10.5 Å². The van der Waals surface area contributed by atoms with E-state index in [1.54, 1.807) is 4.31 Å². The molecule has 2 fully saturated rings. The first-order chi connectivity index (χ1) is 8.13. The number of rotatable bonds is 4. The number of nitrogens with one attached hydrogen (secondary N) is 1. The van der Waals surface area contributed by atoms with Gasteiger partial charge in [-0.25, -0.2) is 0 Å². The third-order valence-electron chi connectivity index (χ3n) is 3.92. The molecule has 2 rings (SSSR count). The molecule has 0 amide bonds. The molecule has 100 valence electrons. The molecular weight excluding hydrogens is 238 g/mol. The summed E-state index contributed by atoms with van der Waals surface area (Å²) in [7, 11) is -3.28. The Labute approximate surface area is 104 Å². The monoisotopic (exact) mass is 261 g/mol. The summed E-state index contributed by atoms with van der Waals surface area (Å²) >= 11 is 0. The predicted molar refractivity (Wildman–Crippen MR) is 67.7 cm³/mol. The van der Waals surface area contributed by atoms with Gasteiger partial charge in [-0.05, 0) is 38.1 Å². The molecule has 1 heterocycles. The fraction of sp³-hybridized carbons (Fsp3) is 1.00. The zero-order valence-electron chi connectivity index (χ0n) is 10.3. The first-order valence-electron chi connectivity index (χ1n) is 6.61. The van der Waals surface area contributed by atoms with Crippen LogP contribution in [0.3, 0.4) is 0 Å². The highest BCUT2D eigenvalue weighted by atomic mass is 32.2. The molecule has 0 spiro atoms. The van der Waals surface area contributed by atoms with Crippen molar-refractivity contribution in [2.75, 3.05) is 19.6 Å². The SMILES string of the molecule is NCC1CCCC1NS(=O)(=O)N1CCCCC1. The van der Waals surface area contributed by atoms with E-state index in [4.69, 9.17) is 5.73 Å². The summed E-state index contributed by atoms with van der Waals surface area (Å²) in [5, 5.41) is 0. The van der Waals surface area contributed by atoms with E-state index in [0.29, 0.717) is 25.6 Å². The maximum atomic E-state index is 12.2. The number of hydrogen-bond acceptors (Lipinski definition) is 3. The van der Waals surface area contributed by atoms with Gasteiger partial charge in [0, 0.05) is 19.1 Å². The van der Waals surface area contributed by atoms with Crippen molar-refractivity contribution in [3.63, 3.8) is 0 Å². The standard InChI is InChI=1S/C11H23N3O2S/c12-9-10-5-4-6-11(10)13-17(15,16)14-7-2-1-3-8-14/h10-11,13H,1-9,12H2. The van der Waals surface area contributed by atoms with Crippen LogP contribution >= 0.6 is 0 Å². The van der Waals surface area contributed by atoms with Gasteiger partial charge in [-0.15, -0.1) is 0 Å². The van der Waals surface area contributed by atoms with Crippen molar-refractivity contribution in [3.05, 3.63) is 0 Å². The highest BCUT2D eigenvalue weighted by molar-refractivity contribution is 7.87. The molecule has 5 nitrogen and oxygen atoms in total. The van der Waals surface area contributed by atoms with E-state index in [-0.39, 0.29) is 6.04 Å². The smallest absolute Gasteiger partial charge is 0.279 e. The van der Waals surface area contributed by atoms with E-state index >= 15 is 0 Å². The summed E-state index contributed by atoms with van der Waals surface area (Å²) in [5.41, 5.74) is 5.67. The van der Waals surface area contributed by atoms with Gasteiger partial charge in [-0.1, -0.05) is 12.8 Å². The lowest BCUT2D eigenvalue weighted by atomic mass is 10.1. The lowest BCUT2D eigenvalue weighted by Gasteiger charge is -2.29. The van der Waals surface area contributed by atoms with Gasteiger partial charge in [-0.3, -0.25) is 0 Å². The minimum Gasteiger partial charge on any atom is -0.330 e. The van der Waals surface area contributed by atoms with E-state index in [1.165, 1.54) is 0 Å². The largest absolute Gasteiger partial charge is 0.330 e. The average Bonchev–Trinajstić information content (AvgIpc) is 2.77. The molecule has 17 heavy (non-hydrogen) atoms. The Morgan fingerprint density at radius 1 is 1.12 bits per heavy atom. The van der Waals surface area contributed by atoms with E-state index in [1.807, 2.05) is 0 Å². The van der Waals surface area contributed by atoms with Crippen LogP contribution in [-0.4, -0.2) is 38.4 Å². The third kappa shape index (κ3) is 3.19. The summed E-state index contributed by atoms with van der Waals surface area (Å²) < 4.78 is 28.8. The zero-order valence-corrected chi connectivity index (χ0v) is 11.1. The molecular formula is C11H23N3O2S. The topological polar surface area (TPSA) is 75.4 Å². The van der Waals surface area contributed by atoms with Crippen LogP contribution in [0.1, 0.15) is 38.5 Å². The molecule has 0 aromatic rings. The Hall–Kier alpha value is -0.170. The van der Waals surface area contributed by atoms with Gasteiger partial charge in [0.25, 0.3) is 10.2 Å². The second-order valence-corrected chi connectivity index (χ2v) is 6.82. The van der Waals surface area contributed by atoms with Crippen LogP contribution in [0.4, 0.5) is 0 Å². The average molecular weight is 261 g/mol. The number of nitrogens with zero attached hydrogens (tertiary/aromatic N) is 1. The minimum absolute atomic E-state index is 0.0481. The van der Waals surface area contributed by atoms with Crippen molar-refractivity contribution < 1.29 is 8.42 Å². The number of hydrogen-bond donors (Lipinski definition) is 2. The molecule has 1 saturated carbocycles. The quantitative estimate of drug-likeness (QED) is 0.771. The Bertz CT molecular complexity index is 339. The van der Waals surface area contributed by atoms with Gasteiger partial charge < -0.3 is 5.73 Å². The van der Waals surface area contributed by atoms with Crippen molar-refractivity contribution in [1.82, 2.24) is 9.03 Å². The normalized spacial score (nSPS) is 31.8. The molecule has 3 N–H and O–H groups in total. The zero-order chi connectivity index (χ0) is 12.3. The fourth-order valence-electron chi connectivity index (χ4n) is 2.85. The number of piperidine rings is 1. The van der Waals surface area contributed by atoms with E-state index < -0.39 is 10.2 Å². The maximum absolute atomic E-state index is 12.2. The molecule has 1 aliphatic carbocycles. The lowest BCUT2D eigenvalue weighted by Crippen LogP contribution is -2.49. The maximum Gasteiger partial charge on any atom is 0.279 e. The van der Waals surface area contributed by atoms with Gasteiger partial charge in [0.1, 0.15) is 0 Å². The van der Waals surface area contributed by atoms with Crippen molar-refractivity contribution in [3.8, 4) is 0 Å². The molecule has 2 atom stereocenters. The summed E-state index contributed by atoms with van der Waals surface area (Å²) in [6, 6.07) is 0.0481. The Morgan fingerprint density at radius 3 is 2.47 bits per heavy atom. The van der Waals surface area contributed by atoms with Gasteiger partial charge >= 0.3 is 0 Å². The minimum atomic E-state index is -3.28. The molecule has 0 bridgehead atoms. The van der Waals surface area contributed by atoms with Crippen molar-refractivity contribution in [2.45, 2.75) is 44.6 Å². The molecule has 0 aromatic heterocycles. The Balaban J connectivity index is 1.96. The van der Waals surface area contributed by atoms with Crippen molar-refractivity contribution >= 4 is 10.2 Å². The van der Waals surface area contributed by atoms with E-state index in [2.05, 4.69) is 4.72 Å². The molecule has 2 unspecified atom stereocenters. The van der Waals surface area contributed by atoms with Crippen LogP contribution in [0.2, 0.25) is 0 Å². The van der Waals surface area contributed by atoms with Gasteiger partial charge in [0.15, 0.2) is 0 Å². The van der Waals surface area contributed by atoms with Gasteiger partial charge in [0.2, 0.25) is 0 Å². The highest BCUT2D eigenvalue weighted by Crippen LogP contribution is 2.26. The van der Waals surface area contributed by atoms with Gasteiger partial charge in [-0.2, -0.15) is 17.4 Å². The van der Waals surface area contributed by atoms with Crippen molar-refractivity contribution in [1.29, 1.82) is 0 Å². The molecule has 1 saturated heterocycles. The Kier molecular flexibility index (Phi) is 4.41. The van der Waals surface area contributed by atoms with Crippen molar-refractivity contribution in [2.24, 2.45) is 11.7 Å². The predicted octanol–water partition coefficient (Wildman–Crippen LogP) is 0.434. The van der Waals surface area contributed by atoms with Crippen LogP contribution in [0, 0.1) is 5.92 Å². The second-order valence-electron chi connectivity index (χ2n) is 5.12. The third-order valence-corrected chi connectivity index (χ3v) is 5.56. The number of nitrogens with two attached hydrogens (primary N) is 1. The van der Waals surface area contributed by atoms with E-state index in [0.717, 1.165) is 38.5 Å². The van der Waals surface area contributed by atoms with Crippen LogP contribution in [0.5, 0.6) is 0 Å². The van der Waals surface area contributed by atoms with Crippen LogP contribution in [-0.2, 0) is 10.2 Å². The van der Waals surface area contributed by atoms with Crippen LogP contribution in [0.25, 0.3) is 0 Å². The summed E-state index contributed by atoms with van der Waals surface area (Å²) in [6.45, 7) is 1.90. The van der Waals surface area contributed by atoms with Crippen LogP contribution in [0.15, 0.2) is 0 Å². The summed E-state index contributed by atoms with van der Waals surface area (Å²) in [6.07, 6.45) is 6.15.